The fraction of sp³-hybridized carbons (Fsp3) is 0.333. The van der Waals surface area contributed by atoms with Crippen molar-refractivity contribution in [3.8, 4) is 0 Å². The van der Waals surface area contributed by atoms with Crippen molar-refractivity contribution in [3.63, 3.8) is 0 Å². The molecule has 0 bridgehead atoms. The van der Waals surface area contributed by atoms with E-state index in [1.807, 2.05) is 0 Å². The van der Waals surface area contributed by atoms with Gasteiger partial charge in [-0.3, -0.25) is 4.98 Å². The predicted octanol–water partition coefficient (Wildman–Crippen LogP) is 6.07. The standard InChI is InChI=1S/C24H26F4N4S/c1-5-21-19(24(26,27)28)12-17(14-30-21)31(4)22(33)32(23(6-2)10-7-11-23)16-8-9-18(15(3)29)20(25)13-16/h6,8-9,12-14H,2-3,5,7,10-11,29H2,1,4H3. The summed E-state index contributed by atoms with van der Waals surface area (Å²) in [7, 11) is 1.57. The summed E-state index contributed by atoms with van der Waals surface area (Å²) in [5, 5.41) is 0.201. The average molecular weight is 479 g/mol. The monoisotopic (exact) mass is 478 g/mol. The summed E-state index contributed by atoms with van der Waals surface area (Å²) in [6.45, 7) is 9.13. The Morgan fingerprint density at radius 3 is 2.39 bits per heavy atom. The van der Waals surface area contributed by atoms with Crippen LogP contribution in [0.25, 0.3) is 5.70 Å². The number of hydrogen-bond acceptors (Lipinski definition) is 3. The lowest BCUT2D eigenvalue weighted by Gasteiger charge is -2.50. The molecule has 9 heteroatoms. The van der Waals surface area contributed by atoms with Crippen LogP contribution < -0.4 is 15.5 Å². The first kappa shape index (κ1) is 24.7. The molecule has 1 saturated carbocycles. The molecule has 1 aliphatic rings. The van der Waals surface area contributed by atoms with E-state index in [-0.39, 0.29) is 34.2 Å². The second-order valence-corrected chi connectivity index (χ2v) is 8.43. The number of hydrogen-bond donors (Lipinski definition) is 1. The van der Waals surface area contributed by atoms with Crippen molar-refractivity contribution in [1.82, 2.24) is 4.98 Å². The second-order valence-electron chi connectivity index (χ2n) is 8.07. The molecule has 2 N–H and O–H groups in total. The molecule has 1 aliphatic carbocycles. The van der Waals surface area contributed by atoms with Crippen LogP contribution in [0.5, 0.6) is 0 Å². The van der Waals surface area contributed by atoms with Crippen LogP contribution in [0, 0.1) is 5.82 Å². The molecule has 176 valence electrons. The summed E-state index contributed by atoms with van der Waals surface area (Å²) in [4.78, 5) is 7.21. The Bertz CT molecular complexity index is 1090. The van der Waals surface area contributed by atoms with Crippen LogP contribution in [0.15, 0.2) is 49.7 Å². The third kappa shape index (κ3) is 4.59. The number of rotatable bonds is 6. The highest BCUT2D eigenvalue weighted by Crippen LogP contribution is 2.43. The number of nitrogens with zero attached hydrogens (tertiary/aromatic N) is 3. The number of aromatic nitrogens is 1. The van der Waals surface area contributed by atoms with Crippen molar-refractivity contribution < 1.29 is 17.6 Å². The average Bonchev–Trinajstić information content (AvgIpc) is 2.73. The van der Waals surface area contributed by atoms with E-state index in [1.54, 1.807) is 31.0 Å². The fourth-order valence-electron chi connectivity index (χ4n) is 3.97. The van der Waals surface area contributed by atoms with Crippen LogP contribution in [-0.4, -0.2) is 22.7 Å². The molecular formula is C24H26F4N4S. The lowest BCUT2D eigenvalue weighted by molar-refractivity contribution is -0.138. The van der Waals surface area contributed by atoms with Crippen molar-refractivity contribution in [2.45, 2.75) is 44.3 Å². The van der Waals surface area contributed by atoms with Crippen LogP contribution in [0.3, 0.4) is 0 Å². The first-order chi connectivity index (χ1) is 15.4. The van der Waals surface area contributed by atoms with E-state index in [0.29, 0.717) is 5.69 Å². The molecule has 2 aromatic rings. The Balaban J connectivity index is 2.07. The summed E-state index contributed by atoms with van der Waals surface area (Å²) in [6.07, 6.45) is 1.08. The molecule has 3 rings (SSSR count). The van der Waals surface area contributed by atoms with Gasteiger partial charge in [-0.2, -0.15) is 13.2 Å². The largest absolute Gasteiger partial charge is 0.418 e. The molecule has 1 aromatic heterocycles. The molecule has 0 radical (unpaired) electrons. The van der Waals surface area contributed by atoms with E-state index < -0.39 is 23.1 Å². The maximum absolute atomic E-state index is 14.7. The van der Waals surface area contributed by atoms with Gasteiger partial charge in [-0.05, 0) is 62.2 Å². The molecule has 1 fully saturated rings. The summed E-state index contributed by atoms with van der Waals surface area (Å²) in [5.41, 5.74) is 5.12. The number of pyridine rings is 1. The van der Waals surface area contributed by atoms with Gasteiger partial charge in [0.1, 0.15) is 5.82 Å². The first-order valence-electron chi connectivity index (χ1n) is 10.5. The molecule has 4 nitrogen and oxygen atoms in total. The van der Waals surface area contributed by atoms with E-state index in [0.717, 1.165) is 25.3 Å². The van der Waals surface area contributed by atoms with E-state index >= 15 is 0 Å². The third-order valence-corrected chi connectivity index (χ3v) is 6.52. The Morgan fingerprint density at radius 2 is 1.94 bits per heavy atom. The number of benzene rings is 1. The zero-order valence-corrected chi connectivity index (χ0v) is 19.4. The summed E-state index contributed by atoms with van der Waals surface area (Å²) in [6, 6.07) is 5.52. The molecule has 1 heterocycles. The molecule has 33 heavy (non-hydrogen) atoms. The van der Waals surface area contributed by atoms with E-state index in [4.69, 9.17) is 18.0 Å². The maximum atomic E-state index is 14.7. The van der Waals surface area contributed by atoms with Crippen molar-refractivity contribution in [1.29, 1.82) is 0 Å². The van der Waals surface area contributed by atoms with E-state index in [2.05, 4.69) is 18.1 Å². The number of halogens is 4. The minimum Gasteiger partial charge on any atom is -0.399 e. The molecule has 0 aliphatic heterocycles. The van der Waals surface area contributed by atoms with Crippen molar-refractivity contribution in [3.05, 3.63) is 72.3 Å². The minimum absolute atomic E-state index is 0.0383. The highest BCUT2D eigenvalue weighted by molar-refractivity contribution is 7.80. The van der Waals surface area contributed by atoms with Crippen LogP contribution >= 0.6 is 12.2 Å². The second kappa shape index (κ2) is 9.13. The lowest BCUT2D eigenvalue weighted by Crippen LogP contribution is -2.58. The lowest BCUT2D eigenvalue weighted by atomic mass is 9.75. The number of aryl methyl sites for hydroxylation is 1. The molecule has 0 saturated heterocycles. The van der Waals surface area contributed by atoms with Gasteiger partial charge in [0.2, 0.25) is 0 Å². The van der Waals surface area contributed by atoms with Crippen LogP contribution in [0.4, 0.5) is 28.9 Å². The zero-order chi connectivity index (χ0) is 24.6. The van der Waals surface area contributed by atoms with Gasteiger partial charge in [-0.1, -0.05) is 19.6 Å². The topological polar surface area (TPSA) is 45.4 Å². The van der Waals surface area contributed by atoms with Gasteiger partial charge in [0, 0.05) is 24.0 Å². The van der Waals surface area contributed by atoms with Crippen molar-refractivity contribution >= 4 is 34.4 Å². The molecule has 0 atom stereocenters. The SMILES string of the molecule is C=CC1(N(C(=S)N(C)c2cnc(CC)c(C(F)(F)F)c2)c2ccc(C(=C)N)c(F)c2)CCC1. The van der Waals surface area contributed by atoms with Gasteiger partial charge in [-0.25, -0.2) is 4.39 Å². The Hall–Kier alpha value is -2.94. The quantitative estimate of drug-likeness (QED) is 0.310. The molecule has 0 unspecified atom stereocenters. The predicted molar refractivity (Wildman–Crippen MR) is 128 cm³/mol. The molecule has 0 amide bonds. The van der Waals surface area contributed by atoms with Gasteiger partial charge in [0.25, 0.3) is 0 Å². The third-order valence-electron chi connectivity index (χ3n) is 6.06. The number of anilines is 2. The Labute approximate surface area is 196 Å². The molecular weight excluding hydrogens is 452 g/mol. The molecule has 1 aromatic carbocycles. The van der Waals surface area contributed by atoms with Crippen LogP contribution in [0.2, 0.25) is 0 Å². The van der Waals surface area contributed by atoms with Crippen molar-refractivity contribution in [2.75, 3.05) is 16.8 Å². The maximum Gasteiger partial charge on any atom is 0.418 e. The highest BCUT2D eigenvalue weighted by atomic mass is 32.1. The Kier molecular flexibility index (Phi) is 6.83. The summed E-state index contributed by atoms with van der Waals surface area (Å²) in [5.74, 6) is -0.567. The number of alkyl halides is 3. The smallest absolute Gasteiger partial charge is 0.399 e. The molecule has 0 spiro atoms. The highest BCUT2D eigenvalue weighted by Gasteiger charge is 2.43. The fourth-order valence-corrected chi connectivity index (χ4v) is 4.37. The normalized spacial score (nSPS) is 14.8. The van der Waals surface area contributed by atoms with Crippen LogP contribution in [-0.2, 0) is 12.6 Å². The summed E-state index contributed by atoms with van der Waals surface area (Å²) < 4.78 is 55.5. The van der Waals surface area contributed by atoms with Gasteiger partial charge in [-0.15, -0.1) is 6.58 Å². The van der Waals surface area contributed by atoms with Gasteiger partial charge in [0.05, 0.1) is 28.7 Å². The van der Waals surface area contributed by atoms with E-state index in [1.165, 1.54) is 23.2 Å². The minimum atomic E-state index is -4.55. The van der Waals surface area contributed by atoms with Crippen molar-refractivity contribution in [2.24, 2.45) is 5.73 Å². The first-order valence-corrected chi connectivity index (χ1v) is 10.9. The van der Waals surface area contributed by atoms with Gasteiger partial charge < -0.3 is 15.5 Å². The van der Waals surface area contributed by atoms with Gasteiger partial charge >= 0.3 is 6.18 Å². The summed E-state index contributed by atoms with van der Waals surface area (Å²) >= 11 is 5.73. The van der Waals surface area contributed by atoms with E-state index in [9.17, 15) is 17.6 Å². The number of nitrogens with two attached hydrogens (primary N) is 1. The zero-order valence-electron chi connectivity index (χ0n) is 18.5. The van der Waals surface area contributed by atoms with Gasteiger partial charge in [0.15, 0.2) is 5.11 Å². The number of thiocarbonyl (C=S) groups is 1. The van der Waals surface area contributed by atoms with Crippen LogP contribution in [0.1, 0.15) is 43.0 Å². The Morgan fingerprint density at radius 1 is 1.27 bits per heavy atom.